The van der Waals surface area contributed by atoms with Gasteiger partial charge in [0.05, 0.1) is 0 Å². The number of hydrogen-bond donors (Lipinski definition) is 1. The molecule has 14 heavy (non-hydrogen) atoms. The van der Waals surface area contributed by atoms with E-state index in [1.165, 1.54) is 21.5 Å². The number of benzene rings is 1. The van der Waals surface area contributed by atoms with Crippen LogP contribution in [0.4, 0.5) is 0 Å². The molecule has 0 radical (unpaired) electrons. The van der Waals surface area contributed by atoms with E-state index < -0.39 is 0 Å². The average molecular weight is 206 g/mol. The Morgan fingerprint density at radius 1 is 1.43 bits per heavy atom. The van der Waals surface area contributed by atoms with Crippen molar-refractivity contribution in [3.63, 3.8) is 0 Å². The summed E-state index contributed by atoms with van der Waals surface area (Å²) in [6, 6.07) is 8.55. The lowest BCUT2D eigenvalue weighted by Gasteiger charge is -2.01. The van der Waals surface area contributed by atoms with Crippen LogP contribution in [0.2, 0.25) is 0 Å². The molecule has 0 aliphatic carbocycles. The number of aromatic nitrogens is 1. The normalized spacial score (nSPS) is 11.1. The quantitative estimate of drug-likeness (QED) is 0.765. The van der Waals surface area contributed by atoms with E-state index in [0.29, 0.717) is 6.54 Å². The molecule has 0 bridgehead atoms. The molecule has 2 rings (SSSR count). The summed E-state index contributed by atoms with van der Waals surface area (Å²) in [6.07, 6.45) is 2.10. The summed E-state index contributed by atoms with van der Waals surface area (Å²) in [5.74, 6) is 0. The molecule has 0 aliphatic heterocycles. The highest BCUT2D eigenvalue weighted by Crippen LogP contribution is 2.28. The van der Waals surface area contributed by atoms with E-state index in [1.54, 1.807) is 11.8 Å². The van der Waals surface area contributed by atoms with Crippen LogP contribution in [0, 0.1) is 0 Å². The summed E-state index contributed by atoms with van der Waals surface area (Å²) in [6.45, 7) is 0.596. The summed E-state index contributed by atoms with van der Waals surface area (Å²) in [7, 11) is 2.06. The van der Waals surface area contributed by atoms with E-state index in [2.05, 4.69) is 42.1 Å². The van der Waals surface area contributed by atoms with Crippen LogP contribution in [0.25, 0.3) is 10.9 Å². The molecule has 0 spiro atoms. The van der Waals surface area contributed by atoms with Crippen LogP contribution in [0.5, 0.6) is 0 Å². The lowest BCUT2D eigenvalue weighted by molar-refractivity contribution is 0.849. The Morgan fingerprint density at radius 3 is 2.86 bits per heavy atom. The van der Waals surface area contributed by atoms with Gasteiger partial charge in [0, 0.05) is 35.1 Å². The van der Waals surface area contributed by atoms with Crippen LogP contribution in [0.1, 0.15) is 5.69 Å². The first-order valence-corrected chi connectivity index (χ1v) is 5.81. The van der Waals surface area contributed by atoms with Gasteiger partial charge in [0.1, 0.15) is 0 Å². The first kappa shape index (κ1) is 9.62. The van der Waals surface area contributed by atoms with Crippen LogP contribution in [-0.4, -0.2) is 10.8 Å². The monoisotopic (exact) mass is 206 g/mol. The number of thioether (sulfide) groups is 1. The minimum Gasteiger partial charge on any atom is -0.346 e. The number of fused-ring (bicyclic) bond motifs is 1. The maximum absolute atomic E-state index is 5.68. The lowest BCUT2D eigenvalue weighted by Crippen LogP contribution is -2.02. The fraction of sp³-hybridized carbons (Fsp3) is 0.273. The van der Waals surface area contributed by atoms with Gasteiger partial charge in [-0.3, -0.25) is 0 Å². The van der Waals surface area contributed by atoms with E-state index in [1.807, 2.05) is 0 Å². The van der Waals surface area contributed by atoms with Gasteiger partial charge in [-0.25, -0.2) is 0 Å². The smallest absolute Gasteiger partial charge is 0.0491 e. The van der Waals surface area contributed by atoms with Gasteiger partial charge in [-0.05, 0) is 24.5 Å². The summed E-state index contributed by atoms with van der Waals surface area (Å²) >= 11 is 1.78. The van der Waals surface area contributed by atoms with Gasteiger partial charge in [0.15, 0.2) is 0 Å². The van der Waals surface area contributed by atoms with Gasteiger partial charge < -0.3 is 10.3 Å². The number of hydrogen-bond acceptors (Lipinski definition) is 2. The fourth-order valence-corrected chi connectivity index (χ4v) is 2.36. The lowest BCUT2D eigenvalue weighted by atomic mass is 10.2. The van der Waals surface area contributed by atoms with Crippen molar-refractivity contribution in [2.75, 3.05) is 6.26 Å². The van der Waals surface area contributed by atoms with Crippen molar-refractivity contribution in [2.45, 2.75) is 11.4 Å². The zero-order chi connectivity index (χ0) is 10.1. The minimum atomic E-state index is 0.596. The largest absolute Gasteiger partial charge is 0.346 e. The summed E-state index contributed by atoms with van der Waals surface area (Å²) in [4.78, 5) is 1.32. The third-order valence-corrected chi connectivity index (χ3v) is 3.37. The van der Waals surface area contributed by atoms with Gasteiger partial charge >= 0.3 is 0 Å². The third kappa shape index (κ3) is 1.33. The molecule has 2 nitrogen and oxygen atoms in total. The van der Waals surface area contributed by atoms with E-state index in [9.17, 15) is 0 Å². The van der Waals surface area contributed by atoms with Gasteiger partial charge in [0.25, 0.3) is 0 Å². The van der Waals surface area contributed by atoms with E-state index in [-0.39, 0.29) is 0 Å². The van der Waals surface area contributed by atoms with E-state index in [4.69, 9.17) is 5.73 Å². The Bertz CT molecular complexity index is 460. The number of rotatable bonds is 2. The molecule has 0 saturated heterocycles. The number of nitrogens with zero attached hydrogens (tertiary/aromatic N) is 1. The zero-order valence-corrected chi connectivity index (χ0v) is 9.27. The third-order valence-electron chi connectivity index (χ3n) is 2.58. The Labute approximate surface area is 88.1 Å². The van der Waals surface area contributed by atoms with Crippen molar-refractivity contribution >= 4 is 22.7 Å². The molecule has 0 saturated carbocycles. The first-order valence-electron chi connectivity index (χ1n) is 4.59. The Hall–Kier alpha value is -0.930. The number of nitrogens with two attached hydrogens (primary N) is 1. The molecule has 1 aromatic carbocycles. The maximum atomic E-state index is 5.68. The Kier molecular flexibility index (Phi) is 2.52. The zero-order valence-electron chi connectivity index (χ0n) is 8.45. The van der Waals surface area contributed by atoms with Crippen molar-refractivity contribution in [3.05, 3.63) is 30.0 Å². The fourth-order valence-electron chi connectivity index (χ4n) is 1.76. The molecule has 2 aromatic rings. The Morgan fingerprint density at radius 2 is 2.21 bits per heavy atom. The average Bonchev–Trinajstić information content (AvgIpc) is 2.55. The van der Waals surface area contributed by atoms with E-state index >= 15 is 0 Å². The molecule has 0 amide bonds. The molecule has 2 N–H and O–H groups in total. The first-order chi connectivity index (χ1) is 6.77. The van der Waals surface area contributed by atoms with E-state index in [0.717, 1.165) is 0 Å². The van der Waals surface area contributed by atoms with Crippen molar-refractivity contribution in [3.8, 4) is 0 Å². The molecular weight excluding hydrogens is 192 g/mol. The molecule has 0 atom stereocenters. The van der Waals surface area contributed by atoms with Crippen molar-refractivity contribution in [2.24, 2.45) is 12.8 Å². The molecule has 0 aliphatic rings. The predicted molar refractivity (Wildman–Crippen MR) is 62.6 cm³/mol. The molecular formula is C11H14N2S. The van der Waals surface area contributed by atoms with Crippen LogP contribution >= 0.6 is 11.8 Å². The van der Waals surface area contributed by atoms with Crippen molar-refractivity contribution in [1.29, 1.82) is 0 Å². The predicted octanol–water partition coefficient (Wildman–Crippen LogP) is 2.36. The minimum absolute atomic E-state index is 0.596. The highest BCUT2D eigenvalue weighted by atomic mass is 32.2. The van der Waals surface area contributed by atoms with Gasteiger partial charge in [0.2, 0.25) is 0 Å². The summed E-state index contributed by atoms with van der Waals surface area (Å²) in [5, 5.41) is 1.31. The SMILES string of the molecule is CSc1cccc2c1cc(CN)n2C. The highest BCUT2D eigenvalue weighted by Gasteiger charge is 2.06. The molecule has 0 fully saturated rings. The maximum Gasteiger partial charge on any atom is 0.0491 e. The summed E-state index contributed by atoms with van der Waals surface area (Å²) < 4.78 is 2.16. The summed E-state index contributed by atoms with van der Waals surface area (Å²) in [5.41, 5.74) is 8.12. The van der Waals surface area contributed by atoms with Crippen LogP contribution in [-0.2, 0) is 13.6 Å². The van der Waals surface area contributed by atoms with Crippen LogP contribution < -0.4 is 5.73 Å². The molecule has 1 heterocycles. The second-order valence-electron chi connectivity index (χ2n) is 3.29. The second-order valence-corrected chi connectivity index (χ2v) is 4.14. The second kappa shape index (κ2) is 3.67. The molecule has 1 aromatic heterocycles. The van der Waals surface area contributed by atoms with Crippen LogP contribution in [0.15, 0.2) is 29.2 Å². The standard InChI is InChI=1S/C11H14N2S/c1-13-8(7-12)6-9-10(13)4-3-5-11(9)14-2/h3-6H,7,12H2,1-2H3. The van der Waals surface area contributed by atoms with Gasteiger partial charge in [-0.2, -0.15) is 0 Å². The molecule has 0 unspecified atom stereocenters. The van der Waals surface area contributed by atoms with Crippen molar-refractivity contribution in [1.82, 2.24) is 4.57 Å². The highest BCUT2D eigenvalue weighted by molar-refractivity contribution is 7.98. The van der Waals surface area contributed by atoms with Gasteiger partial charge in [-0.15, -0.1) is 11.8 Å². The van der Waals surface area contributed by atoms with Crippen LogP contribution in [0.3, 0.4) is 0 Å². The van der Waals surface area contributed by atoms with Crippen molar-refractivity contribution < 1.29 is 0 Å². The van der Waals surface area contributed by atoms with Gasteiger partial charge in [-0.1, -0.05) is 6.07 Å². The number of aryl methyl sites for hydroxylation is 1. The molecule has 3 heteroatoms. The molecule has 74 valence electrons. The topological polar surface area (TPSA) is 30.9 Å². The Balaban J connectivity index is 2.77.